The molecule has 1 N–H and O–H groups in total. The van der Waals surface area contributed by atoms with E-state index in [9.17, 15) is 19.5 Å². The Labute approximate surface area is 238 Å². The second kappa shape index (κ2) is 11.2. The van der Waals surface area contributed by atoms with Crippen molar-refractivity contribution in [2.75, 3.05) is 12.0 Å². The predicted molar refractivity (Wildman–Crippen MR) is 157 cm³/mol. The van der Waals surface area contributed by atoms with Crippen LogP contribution in [0.5, 0.6) is 5.75 Å². The Hall–Kier alpha value is -3.40. The van der Waals surface area contributed by atoms with Gasteiger partial charge in [-0.3, -0.25) is 9.69 Å². The second-order valence-electron chi connectivity index (χ2n) is 13.0. The molecule has 10 heteroatoms. The van der Waals surface area contributed by atoms with Gasteiger partial charge in [0.1, 0.15) is 23.2 Å². The molecule has 2 atom stereocenters. The van der Waals surface area contributed by atoms with Crippen LogP contribution < -0.4 is 9.64 Å². The van der Waals surface area contributed by atoms with Gasteiger partial charge in [0.15, 0.2) is 8.24 Å². The maximum atomic E-state index is 13.4. The summed E-state index contributed by atoms with van der Waals surface area (Å²) < 4.78 is 12.6. The fourth-order valence-electron chi connectivity index (χ4n) is 4.72. The van der Waals surface area contributed by atoms with E-state index in [0.29, 0.717) is 17.3 Å². The van der Waals surface area contributed by atoms with Crippen LogP contribution in [0.3, 0.4) is 0 Å². The Balaban J connectivity index is 1.95. The molecule has 40 heavy (non-hydrogen) atoms. The first kappa shape index (κ1) is 31.1. The molecule has 0 saturated carbocycles. The Morgan fingerprint density at radius 1 is 1.05 bits per heavy atom. The van der Waals surface area contributed by atoms with E-state index in [2.05, 4.69) is 25.8 Å². The number of benzene rings is 1. The molecular formula is C30H43N3O6Si. The number of anilines is 1. The number of ether oxygens (including phenoxy) is 2. The first-order valence-corrected chi connectivity index (χ1v) is 16.5. The summed E-state index contributed by atoms with van der Waals surface area (Å²) in [4.78, 5) is 45.2. The maximum Gasteiger partial charge on any atom is 0.416 e. The fourth-order valence-corrected chi connectivity index (χ4v) is 7.14. The third-order valence-electron chi connectivity index (χ3n) is 7.75. The van der Waals surface area contributed by atoms with Gasteiger partial charge in [0, 0.05) is 5.69 Å². The van der Waals surface area contributed by atoms with E-state index in [1.54, 1.807) is 38.5 Å². The Morgan fingerprint density at radius 3 is 2.15 bits per heavy atom. The molecule has 1 fully saturated rings. The van der Waals surface area contributed by atoms with E-state index in [1.807, 2.05) is 50.3 Å². The Morgan fingerprint density at radius 2 is 1.65 bits per heavy atom. The summed E-state index contributed by atoms with van der Waals surface area (Å²) in [6, 6.07) is 10.1. The zero-order valence-electron chi connectivity index (χ0n) is 25.4. The number of aryl methyl sites for hydroxylation is 1. The number of carboxylic acids is 1. The molecule has 0 aliphatic carbocycles. The fraction of sp³-hybridized carbons (Fsp3) is 0.533. The molecule has 0 spiro atoms. The van der Waals surface area contributed by atoms with Crippen molar-refractivity contribution >= 4 is 32.0 Å². The summed E-state index contributed by atoms with van der Waals surface area (Å²) in [7, 11) is -0.794. The zero-order chi connectivity index (χ0) is 30.2. The van der Waals surface area contributed by atoms with Crippen molar-refractivity contribution < 1.29 is 29.0 Å². The van der Waals surface area contributed by atoms with Gasteiger partial charge in [0.05, 0.1) is 19.6 Å². The lowest BCUT2D eigenvalue weighted by molar-refractivity contribution is -0.163. The molecular weight excluding hydrogens is 526 g/mol. The summed E-state index contributed by atoms with van der Waals surface area (Å²) >= 11 is 0. The van der Waals surface area contributed by atoms with Gasteiger partial charge in [-0.15, -0.1) is 0 Å². The van der Waals surface area contributed by atoms with Crippen LogP contribution in [-0.4, -0.2) is 59.6 Å². The lowest BCUT2D eigenvalue weighted by Gasteiger charge is -2.56. The molecule has 1 aliphatic heterocycles. The lowest BCUT2D eigenvalue weighted by atomic mass is 9.84. The van der Waals surface area contributed by atoms with Crippen LogP contribution in [0.2, 0.25) is 18.1 Å². The molecule has 1 aromatic heterocycles. The monoisotopic (exact) mass is 569 g/mol. The molecule has 1 aromatic carbocycles. The molecule has 2 aromatic rings. The van der Waals surface area contributed by atoms with E-state index in [0.717, 1.165) is 11.1 Å². The number of pyridine rings is 1. The number of β-lactam (4-membered cyclic amide) rings is 1. The lowest BCUT2D eigenvalue weighted by Crippen LogP contribution is -2.75. The van der Waals surface area contributed by atoms with Crippen molar-refractivity contribution in [3.63, 3.8) is 0 Å². The van der Waals surface area contributed by atoms with E-state index >= 15 is 0 Å². The first-order valence-electron chi connectivity index (χ1n) is 13.5. The maximum absolute atomic E-state index is 13.4. The van der Waals surface area contributed by atoms with Gasteiger partial charge < -0.3 is 19.1 Å². The second-order valence-corrected chi connectivity index (χ2v) is 18.1. The molecule has 3 rings (SSSR count). The van der Waals surface area contributed by atoms with Gasteiger partial charge in [-0.2, -0.15) is 0 Å². The molecule has 2 amide bonds. The summed E-state index contributed by atoms with van der Waals surface area (Å²) in [6.07, 6.45) is -0.318. The number of aromatic nitrogens is 1. The minimum atomic E-state index is -2.38. The number of rotatable bonds is 8. The smallest absolute Gasteiger partial charge is 0.416 e. The van der Waals surface area contributed by atoms with E-state index < -0.39 is 37.9 Å². The van der Waals surface area contributed by atoms with Crippen LogP contribution in [0, 0.1) is 12.8 Å². The van der Waals surface area contributed by atoms with Gasteiger partial charge in [0.2, 0.25) is 5.91 Å². The average Bonchev–Trinajstić information content (AvgIpc) is 2.81. The normalized spacial score (nSPS) is 17.8. The van der Waals surface area contributed by atoms with E-state index in [-0.39, 0.29) is 23.9 Å². The first-order chi connectivity index (χ1) is 18.4. The zero-order valence-corrected chi connectivity index (χ0v) is 26.4. The third-order valence-corrected chi connectivity index (χ3v) is 13.1. The molecule has 218 valence electrons. The Kier molecular flexibility index (Phi) is 8.74. The molecule has 1 aliphatic rings. The van der Waals surface area contributed by atoms with Crippen LogP contribution in [0.15, 0.2) is 36.4 Å². The van der Waals surface area contributed by atoms with Gasteiger partial charge in [-0.1, -0.05) is 46.0 Å². The highest BCUT2D eigenvalue weighted by Gasteiger charge is 2.59. The SMILES string of the molecule is COc1ccc(CN(C(=O)OC(C)(C)C)c2cc(C[C@H]3C(=O)N([Si](C)(C)C(C)(C)C)[C@@H]3C(=O)O)cc(C)n2)cc1. The van der Waals surface area contributed by atoms with E-state index in [1.165, 1.54) is 4.90 Å². The van der Waals surface area contributed by atoms with Crippen molar-refractivity contribution in [1.29, 1.82) is 0 Å². The summed E-state index contributed by atoms with van der Waals surface area (Å²) in [6.45, 7) is 17.7. The van der Waals surface area contributed by atoms with Crippen molar-refractivity contribution in [3.05, 3.63) is 53.2 Å². The highest BCUT2D eigenvalue weighted by molar-refractivity contribution is 6.80. The number of carbonyl (C=O) groups is 3. The van der Waals surface area contributed by atoms with Crippen LogP contribution in [-0.2, 0) is 27.3 Å². The quantitative estimate of drug-likeness (QED) is 0.316. The highest BCUT2D eigenvalue weighted by atomic mass is 28.3. The topological polar surface area (TPSA) is 109 Å². The van der Waals surface area contributed by atoms with E-state index in [4.69, 9.17) is 9.47 Å². The standard InChI is InChI=1S/C30H43N3O6Si/c1-19-15-21(16-23-25(27(35)36)33(26(23)34)40(9,10)30(5,6)7)17-24(31-19)32(28(37)39-29(2,3)4)18-20-11-13-22(38-8)14-12-20/h11-15,17,23,25H,16,18H2,1-10H3,(H,35,36)/t23-,25+/m1/s1. The van der Waals surface area contributed by atoms with Crippen LogP contribution in [0.25, 0.3) is 0 Å². The number of nitrogens with zero attached hydrogens (tertiary/aromatic N) is 3. The van der Waals surface area contributed by atoms with Crippen molar-refractivity contribution in [2.45, 2.75) is 91.2 Å². The van der Waals surface area contributed by atoms with Crippen LogP contribution >= 0.6 is 0 Å². The number of carboxylic acid groups (broad SMARTS) is 1. The molecule has 2 heterocycles. The molecule has 0 bridgehead atoms. The molecule has 1 saturated heterocycles. The Bertz CT molecular complexity index is 1260. The highest BCUT2D eigenvalue weighted by Crippen LogP contribution is 2.45. The van der Waals surface area contributed by atoms with Crippen LogP contribution in [0.1, 0.15) is 58.4 Å². The summed E-state index contributed by atoms with van der Waals surface area (Å²) in [5.41, 5.74) is 1.52. The number of methoxy groups -OCH3 is 1. The number of aliphatic carboxylic acids is 1. The minimum Gasteiger partial charge on any atom is -0.497 e. The number of hydrogen-bond donors (Lipinski definition) is 1. The minimum absolute atomic E-state index is 0.128. The van der Waals surface area contributed by atoms with Gasteiger partial charge in [-0.05, 0) is 74.5 Å². The predicted octanol–water partition coefficient (Wildman–Crippen LogP) is 5.80. The van der Waals surface area contributed by atoms with Crippen LogP contribution in [0.4, 0.5) is 10.6 Å². The van der Waals surface area contributed by atoms with Crippen molar-refractivity contribution in [2.24, 2.45) is 5.92 Å². The van der Waals surface area contributed by atoms with Gasteiger partial charge >= 0.3 is 12.1 Å². The number of hydrogen-bond acceptors (Lipinski definition) is 6. The van der Waals surface area contributed by atoms with Gasteiger partial charge in [-0.25, -0.2) is 14.6 Å². The van der Waals surface area contributed by atoms with Crippen molar-refractivity contribution in [1.82, 2.24) is 9.55 Å². The molecule has 0 unspecified atom stereocenters. The summed E-state index contributed by atoms with van der Waals surface area (Å²) in [5.74, 6) is -0.723. The van der Waals surface area contributed by atoms with Gasteiger partial charge in [0.25, 0.3) is 0 Å². The largest absolute Gasteiger partial charge is 0.497 e. The van der Waals surface area contributed by atoms with Crippen molar-refractivity contribution in [3.8, 4) is 5.75 Å². The molecule has 9 nitrogen and oxygen atoms in total. The molecule has 0 radical (unpaired) electrons. The number of carbonyl (C=O) groups excluding carboxylic acids is 2. The summed E-state index contributed by atoms with van der Waals surface area (Å²) in [5, 5.41) is 9.93. The number of amides is 2. The average molecular weight is 570 g/mol. The third kappa shape index (κ3) is 6.66.